The van der Waals surface area contributed by atoms with Gasteiger partial charge in [0.25, 0.3) is 11.6 Å². The zero-order chi connectivity index (χ0) is 14.7. The molecule has 1 N–H and O–H groups in total. The van der Waals surface area contributed by atoms with Crippen molar-refractivity contribution in [1.29, 1.82) is 0 Å². The molecule has 0 aliphatic heterocycles. The fourth-order valence-electron chi connectivity index (χ4n) is 1.47. The molecule has 0 aliphatic rings. The quantitative estimate of drug-likeness (QED) is 0.674. The Labute approximate surface area is 111 Å². The number of nitrogens with zero attached hydrogens (tertiary/aromatic N) is 2. The second-order valence-electron chi connectivity index (χ2n) is 3.62. The Morgan fingerprint density at radius 1 is 1.05 bits per heavy atom. The number of benzene rings is 1. The summed E-state index contributed by atoms with van der Waals surface area (Å²) in [4.78, 5) is 31.5. The maximum atomic E-state index is 11.8. The van der Waals surface area contributed by atoms with Crippen molar-refractivity contribution in [2.24, 2.45) is 0 Å². The number of hydrogen-bond donors (Lipinski definition) is 1. The summed E-state index contributed by atoms with van der Waals surface area (Å²) in [7, 11) is 0. The molecule has 102 valence electrons. The summed E-state index contributed by atoms with van der Waals surface area (Å²) in [6, 6.07) is 7.66. The Balaban J connectivity index is 2.23. The standard InChI is InChI=1S/C11H7N3O6/c15-11(9-5-6-10(20-9)14(18)19)12-7-3-1-2-4-8(7)13(16)17/h1-6H,(H,12,15). The second kappa shape index (κ2) is 5.18. The number of anilines is 1. The molecular formula is C11H7N3O6. The summed E-state index contributed by atoms with van der Waals surface area (Å²) in [5, 5.41) is 23.5. The first-order valence-electron chi connectivity index (χ1n) is 5.28. The normalized spacial score (nSPS) is 10.0. The van der Waals surface area contributed by atoms with Crippen LogP contribution in [-0.2, 0) is 0 Å². The largest absolute Gasteiger partial charge is 0.433 e. The molecule has 0 saturated carbocycles. The first-order valence-corrected chi connectivity index (χ1v) is 5.28. The maximum absolute atomic E-state index is 11.8. The summed E-state index contributed by atoms with van der Waals surface area (Å²) in [5.74, 6) is -1.71. The molecular weight excluding hydrogens is 270 g/mol. The molecule has 0 aliphatic carbocycles. The average molecular weight is 277 g/mol. The van der Waals surface area contributed by atoms with E-state index in [0.717, 1.165) is 12.1 Å². The molecule has 0 radical (unpaired) electrons. The van der Waals surface area contributed by atoms with Crippen LogP contribution in [0.5, 0.6) is 0 Å². The Kier molecular flexibility index (Phi) is 3.42. The molecule has 1 aromatic heterocycles. The second-order valence-corrected chi connectivity index (χ2v) is 3.62. The van der Waals surface area contributed by atoms with Crippen molar-refractivity contribution < 1.29 is 19.1 Å². The third-order valence-electron chi connectivity index (χ3n) is 2.34. The molecule has 0 bridgehead atoms. The number of nitro benzene ring substituents is 1. The molecule has 0 spiro atoms. The number of hydrogen-bond acceptors (Lipinski definition) is 6. The number of carbonyl (C=O) groups excluding carboxylic acids is 1. The van der Waals surface area contributed by atoms with Crippen molar-refractivity contribution in [3.8, 4) is 0 Å². The van der Waals surface area contributed by atoms with Gasteiger partial charge in [-0.25, -0.2) is 0 Å². The molecule has 0 atom stereocenters. The Hall–Kier alpha value is -3.23. The SMILES string of the molecule is O=C(Nc1ccccc1[N+](=O)[O-])c1ccc([N+](=O)[O-])o1. The highest BCUT2D eigenvalue weighted by molar-refractivity contribution is 6.03. The van der Waals surface area contributed by atoms with Gasteiger partial charge >= 0.3 is 5.88 Å². The Morgan fingerprint density at radius 3 is 2.35 bits per heavy atom. The number of amides is 1. The van der Waals surface area contributed by atoms with Crippen molar-refractivity contribution in [3.63, 3.8) is 0 Å². The lowest BCUT2D eigenvalue weighted by molar-refractivity contribution is -0.402. The van der Waals surface area contributed by atoms with Crippen molar-refractivity contribution >= 4 is 23.2 Å². The predicted octanol–water partition coefficient (Wildman–Crippen LogP) is 2.35. The summed E-state index contributed by atoms with van der Waals surface area (Å²) in [6.45, 7) is 0. The van der Waals surface area contributed by atoms with Gasteiger partial charge in [-0.2, -0.15) is 0 Å². The van der Waals surface area contributed by atoms with Gasteiger partial charge in [-0.1, -0.05) is 12.1 Å². The molecule has 1 heterocycles. The van der Waals surface area contributed by atoms with E-state index < -0.39 is 21.6 Å². The predicted molar refractivity (Wildman–Crippen MR) is 66.4 cm³/mol. The maximum Gasteiger partial charge on any atom is 0.433 e. The van der Waals surface area contributed by atoms with Crippen LogP contribution in [-0.4, -0.2) is 15.8 Å². The van der Waals surface area contributed by atoms with Gasteiger partial charge in [0, 0.05) is 6.07 Å². The van der Waals surface area contributed by atoms with E-state index in [1.807, 2.05) is 0 Å². The Morgan fingerprint density at radius 2 is 1.75 bits per heavy atom. The molecule has 2 aromatic rings. The van der Waals surface area contributed by atoms with Crippen LogP contribution in [0.3, 0.4) is 0 Å². The minimum Gasteiger partial charge on any atom is -0.395 e. The summed E-state index contributed by atoms with van der Waals surface area (Å²) < 4.78 is 4.70. The van der Waals surface area contributed by atoms with Crippen molar-refractivity contribution in [3.05, 3.63) is 62.4 Å². The highest BCUT2D eigenvalue weighted by atomic mass is 16.6. The first kappa shape index (κ1) is 13.2. The van der Waals surface area contributed by atoms with Gasteiger partial charge in [0.05, 0.1) is 11.0 Å². The number of nitro groups is 2. The minimum atomic E-state index is -0.813. The lowest BCUT2D eigenvalue weighted by Crippen LogP contribution is -2.12. The van der Waals surface area contributed by atoms with Crippen LogP contribution in [0.25, 0.3) is 0 Å². The van der Waals surface area contributed by atoms with Gasteiger partial charge in [0.15, 0.2) is 5.76 Å². The highest BCUT2D eigenvalue weighted by Gasteiger charge is 2.20. The van der Waals surface area contributed by atoms with Gasteiger partial charge in [-0.3, -0.25) is 25.0 Å². The topological polar surface area (TPSA) is 129 Å². The van der Waals surface area contributed by atoms with Crippen LogP contribution in [0.15, 0.2) is 40.8 Å². The third kappa shape index (κ3) is 2.61. The van der Waals surface area contributed by atoms with Crippen LogP contribution < -0.4 is 5.32 Å². The van der Waals surface area contributed by atoms with Crippen molar-refractivity contribution in [2.75, 3.05) is 5.32 Å². The number of para-hydroxylation sites is 2. The van der Waals surface area contributed by atoms with Gasteiger partial charge in [0.1, 0.15) is 10.6 Å². The number of rotatable bonds is 4. The fraction of sp³-hybridized carbons (Fsp3) is 0. The molecule has 1 amide bonds. The summed E-state index contributed by atoms with van der Waals surface area (Å²) in [5.41, 5.74) is -0.316. The molecule has 0 saturated heterocycles. The van der Waals surface area contributed by atoms with E-state index in [4.69, 9.17) is 4.42 Å². The molecule has 0 unspecified atom stereocenters. The van der Waals surface area contributed by atoms with Gasteiger partial charge < -0.3 is 9.73 Å². The number of carbonyl (C=O) groups is 1. The first-order chi connectivity index (χ1) is 9.49. The molecule has 20 heavy (non-hydrogen) atoms. The van der Waals surface area contributed by atoms with E-state index in [9.17, 15) is 25.0 Å². The monoisotopic (exact) mass is 277 g/mol. The number of nitrogens with one attached hydrogen (secondary N) is 1. The summed E-state index contributed by atoms with van der Waals surface area (Å²) in [6.07, 6.45) is 0. The van der Waals surface area contributed by atoms with Crippen molar-refractivity contribution in [1.82, 2.24) is 0 Å². The van der Waals surface area contributed by atoms with E-state index in [1.54, 1.807) is 0 Å². The van der Waals surface area contributed by atoms with Crippen LogP contribution in [0.1, 0.15) is 10.6 Å². The molecule has 9 nitrogen and oxygen atoms in total. The van der Waals surface area contributed by atoms with Crippen LogP contribution >= 0.6 is 0 Å². The van der Waals surface area contributed by atoms with E-state index in [-0.39, 0.29) is 17.1 Å². The molecule has 1 aromatic carbocycles. The highest BCUT2D eigenvalue weighted by Crippen LogP contribution is 2.24. The molecule has 0 fully saturated rings. The van der Waals surface area contributed by atoms with Crippen LogP contribution in [0.2, 0.25) is 0 Å². The van der Waals surface area contributed by atoms with Crippen molar-refractivity contribution in [2.45, 2.75) is 0 Å². The fourth-order valence-corrected chi connectivity index (χ4v) is 1.47. The van der Waals surface area contributed by atoms with E-state index in [0.29, 0.717) is 0 Å². The average Bonchev–Trinajstić information content (AvgIpc) is 2.89. The van der Waals surface area contributed by atoms with Gasteiger partial charge in [-0.15, -0.1) is 0 Å². The summed E-state index contributed by atoms with van der Waals surface area (Å²) >= 11 is 0. The smallest absolute Gasteiger partial charge is 0.395 e. The van der Waals surface area contributed by atoms with E-state index in [1.165, 1.54) is 24.3 Å². The van der Waals surface area contributed by atoms with E-state index in [2.05, 4.69) is 5.32 Å². The van der Waals surface area contributed by atoms with E-state index >= 15 is 0 Å². The Bertz CT molecular complexity index is 693. The van der Waals surface area contributed by atoms with Gasteiger partial charge in [0.2, 0.25) is 0 Å². The van der Waals surface area contributed by atoms with Crippen LogP contribution in [0.4, 0.5) is 17.3 Å². The zero-order valence-electron chi connectivity index (χ0n) is 9.81. The molecule has 9 heteroatoms. The van der Waals surface area contributed by atoms with Gasteiger partial charge in [-0.05, 0) is 12.1 Å². The van der Waals surface area contributed by atoms with Crippen LogP contribution in [0, 0.1) is 20.2 Å². The lowest BCUT2D eigenvalue weighted by atomic mass is 10.2. The lowest BCUT2D eigenvalue weighted by Gasteiger charge is -2.03. The third-order valence-corrected chi connectivity index (χ3v) is 2.34. The zero-order valence-corrected chi connectivity index (χ0v) is 9.81. The molecule has 2 rings (SSSR count). The number of furan rings is 1. The minimum absolute atomic E-state index is 0.0263.